The molecule has 3 rings (SSSR count). The molecule has 1 aliphatic rings. The number of aromatic nitrogens is 2. The van der Waals surface area contributed by atoms with Gasteiger partial charge in [-0.05, 0) is 38.1 Å². The van der Waals surface area contributed by atoms with Gasteiger partial charge in [0.2, 0.25) is 5.43 Å². The molecule has 0 atom stereocenters. The molecule has 1 aromatic carbocycles. The molecule has 1 amide bonds. The number of carbonyl (C=O) groups is 1. The molecule has 2 heterocycles. The predicted molar refractivity (Wildman–Crippen MR) is 101 cm³/mol. The summed E-state index contributed by atoms with van der Waals surface area (Å²) in [5, 5.41) is 7.91. The summed E-state index contributed by atoms with van der Waals surface area (Å²) in [6.45, 7) is 7.20. The summed E-state index contributed by atoms with van der Waals surface area (Å²) in [4.78, 5) is 27.4. The zero-order chi connectivity index (χ0) is 18.5. The lowest BCUT2D eigenvalue weighted by atomic mass is 10.2. The number of nitrogens with one attached hydrogen (secondary N) is 1. The minimum absolute atomic E-state index is 0.0898. The van der Waals surface area contributed by atoms with Crippen molar-refractivity contribution in [3.05, 3.63) is 39.1 Å². The van der Waals surface area contributed by atoms with Gasteiger partial charge in [-0.25, -0.2) is 0 Å². The van der Waals surface area contributed by atoms with E-state index in [0.717, 1.165) is 39.3 Å². The third kappa shape index (κ3) is 4.23. The number of aryl methyl sites for hydroxylation is 1. The van der Waals surface area contributed by atoms with E-state index in [1.54, 1.807) is 22.9 Å². The second-order valence-corrected chi connectivity index (χ2v) is 6.65. The highest BCUT2D eigenvalue weighted by Gasteiger charge is 2.17. The maximum atomic E-state index is 12.7. The molecule has 1 N–H and O–H groups in total. The highest BCUT2D eigenvalue weighted by Crippen LogP contribution is 2.16. The number of hydrogen-bond donors (Lipinski definition) is 1. The molecule has 1 aromatic heterocycles. The first-order chi connectivity index (χ1) is 12.6. The van der Waals surface area contributed by atoms with Crippen LogP contribution >= 0.6 is 11.6 Å². The van der Waals surface area contributed by atoms with Gasteiger partial charge in [-0.3, -0.25) is 19.2 Å². The lowest BCUT2D eigenvalue weighted by Gasteiger charge is -2.26. The summed E-state index contributed by atoms with van der Waals surface area (Å²) < 4.78 is 6.96. The molecule has 0 spiro atoms. The number of rotatable bonds is 6. The molecule has 0 saturated carbocycles. The molecule has 0 unspecified atom stereocenters. The number of benzene rings is 1. The Labute approximate surface area is 156 Å². The third-order valence-corrected chi connectivity index (χ3v) is 4.71. The highest BCUT2D eigenvalue weighted by molar-refractivity contribution is 6.31. The van der Waals surface area contributed by atoms with Crippen LogP contribution in [0.1, 0.15) is 23.8 Å². The number of halogens is 1. The van der Waals surface area contributed by atoms with E-state index < -0.39 is 11.3 Å². The molecule has 140 valence electrons. The maximum Gasteiger partial charge on any atom is 0.275 e. The minimum Gasteiger partial charge on any atom is -0.379 e. The standard InChI is InChI=1S/C18H23ClN4O3/c1-2-23-15-5-4-13(19)12-14(15)17(24)16(21-23)18(25)20-6-3-7-22-8-10-26-11-9-22/h4-5,12H,2-3,6-11H2,1H3,(H,20,25). The summed E-state index contributed by atoms with van der Waals surface area (Å²) in [5.41, 5.74) is 0.191. The molecule has 0 bridgehead atoms. The molecule has 8 heteroatoms. The topological polar surface area (TPSA) is 76.5 Å². The summed E-state index contributed by atoms with van der Waals surface area (Å²) in [5.74, 6) is -0.443. The molecule has 0 radical (unpaired) electrons. The largest absolute Gasteiger partial charge is 0.379 e. The quantitative estimate of drug-likeness (QED) is 0.771. The first-order valence-electron chi connectivity index (χ1n) is 8.89. The average molecular weight is 379 g/mol. The van der Waals surface area contributed by atoms with Crippen molar-refractivity contribution >= 4 is 28.4 Å². The van der Waals surface area contributed by atoms with Crippen LogP contribution in [0.5, 0.6) is 0 Å². The van der Waals surface area contributed by atoms with E-state index in [1.807, 2.05) is 6.92 Å². The van der Waals surface area contributed by atoms with Crippen molar-refractivity contribution in [2.75, 3.05) is 39.4 Å². The first-order valence-corrected chi connectivity index (χ1v) is 9.26. The van der Waals surface area contributed by atoms with Crippen molar-refractivity contribution in [2.24, 2.45) is 0 Å². The van der Waals surface area contributed by atoms with Gasteiger partial charge in [0.15, 0.2) is 5.69 Å². The molecule has 0 aliphatic carbocycles. The Balaban J connectivity index is 1.69. The Hall–Kier alpha value is -1.96. The number of morpholine rings is 1. The fourth-order valence-electron chi connectivity index (χ4n) is 3.07. The minimum atomic E-state index is -0.443. The van der Waals surface area contributed by atoms with Gasteiger partial charge in [-0.1, -0.05) is 11.6 Å². The summed E-state index contributed by atoms with van der Waals surface area (Å²) in [7, 11) is 0. The fraction of sp³-hybridized carbons (Fsp3) is 0.500. The van der Waals surface area contributed by atoms with Gasteiger partial charge in [-0.15, -0.1) is 0 Å². The average Bonchev–Trinajstić information content (AvgIpc) is 2.66. The second-order valence-electron chi connectivity index (χ2n) is 6.22. The molecular weight excluding hydrogens is 356 g/mol. The van der Waals surface area contributed by atoms with Gasteiger partial charge in [0.25, 0.3) is 5.91 Å². The van der Waals surface area contributed by atoms with Crippen LogP contribution in [0.3, 0.4) is 0 Å². The number of hydrogen-bond acceptors (Lipinski definition) is 5. The summed E-state index contributed by atoms with van der Waals surface area (Å²) in [6.07, 6.45) is 0.813. The van der Waals surface area contributed by atoms with E-state index in [4.69, 9.17) is 16.3 Å². The highest BCUT2D eigenvalue weighted by atomic mass is 35.5. The van der Waals surface area contributed by atoms with E-state index >= 15 is 0 Å². The van der Waals surface area contributed by atoms with Gasteiger partial charge in [0, 0.05) is 31.2 Å². The lowest BCUT2D eigenvalue weighted by molar-refractivity contribution is 0.0374. The van der Waals surface area contributed by atoms with E-state index in [-0.39, 0.29) is 5.69 Å². The fourth-order valence-corrected chi connectivity index (χ4v) is 3.24. The van der Waals surface area contributed by atoms with Gasteiger partial charge in [0.1, 0.15) is 0 Å². The van der Waals surface area contributed by atoms with Crippen LogP contribution in [-0.2, 0) is 11.3 Å². The van der Waals surface area contributed by atoms with Crippen molar-refractivity contribution in [1.29, 1.82) is 0 Å². The monoisotopic (exact) mass is 378 g/mol. The SMILES string of the molecule is CCn1nc(C(=O)NCCCN2CCOCC2)c(=O)c2cc(Cl)ccc21. The molecule has 1 fully saturated rings. The maximum absolute atomic E-state index is 12.7. The van der Waals surface area contributed by atoms with Crippen molar-refractivity contribution < 1.29 is 9.53 Å². The number of fused-ring (bicyclic) bond motifs is 1. The Kier molecular flexibility index (Phi) is 6.24. The predicted octanol–water partition coefficient (Wildman–Crippen LogP) is 1.52. The van der Waals surface area contributed by atoms with Crippen LogP contribution in [0.2, 0.25) is 5.02 Å². The zero-order valence-corrected chi connectivity index (χ0v) is 15.6. The lowest BCUT2D eigenvalue weighted by Crippen LogP contribution is -2.38. The Morgan fingerprint density at radius 1 is 1.35 bits per heavy atom. The number of nitrogens with zero attached hydrogens (tertiary/aromatic N) is 3. The van der Waals surface area contributed by atoms with E-state index in [9.17, 15) is 9.59 Å². The second kappa shape index (κ2) is 8.62. The number of ether oxygens (including phenoxy) is 1. The van der Waals surface area contributed by atoms with E-state index in [1.165, 1.54) is 0 Å². The van der Waals surface area contributed by atoms with Gasteiger partial charge >= 0.3 is 0 Å². The van der Waals surface area contributed by atoms with E-state index in [0.29, 0.717) is 29.0 Å². The van der Waals surface area contributed by atoms with Crippen molar-refractivity contribution in [3.8, 4) is 0 Å². The van der Waals surface area contributed by atoms with Crippen molar-refractivity contribution in [1.82, 2.24) is 20.0 Å². The van der Waals surface area contributed by atoms with Crippen molar-refractivity contribution in [2.45, 2.75) is 19.9 Å². The van der Waals surface area contributed by atoms with Crippen LogP contribution in [0, 0.1) is 0 Å². The van der Waals surface area contributed by atoms with Crippen molar-refractivity contribution in [3.63, 3.8) is 0 Å². The van der Waals surface area contributed by atoms with Crippen LogP contribution in [0.4, 0.5) is 0 Å². The molecule has 1 saturated heterocycles. The Morgan fingerprint density at radius 3 is 2.85 bits per heavy atom. The number of amides is 1. The normalized spacial score (nSPS) is 15.3. The van der Waals surface area contributed by atoms with Crippen LogP contribution in [0.15, 0.2) is 23.0 Å². The van der Waals surface area contributed by atoms with Crippen LogP contribution in [-0.4, -0.2) is 60.0 Å². The van der Waals surface area contributed by atoms with E-state index in [2.05, 4.69) is 15.3 Å². The zero-order valence-electron chi connectivity index (χ0n) is 14.8. The summed E-state index contributed by atoms with van der Waals surface area (Å²) in [6, 6.07) is 5.05. The first kappa shape index (κ1) is 18.8. The number of carbonyl (C=O) groups excluding carboxylic acids is 1. The van der Waals surface area contributed by atoms with Crippen LogP contribution < -0.4 is 10.7 Å². The smallest absolute Gasteiger partial charge is 0.275 e. The Morgan fingerprint density at radius 2 is 2.12 bits per heavy atom. The van der Waals surface area contributed by atoms with Gasteiger partial charge < -0.3 is 10.1 Å². The molecular formula is C18H23ClN4O3. The molecule has 1 aliphatic heterocycles. The summed E-state index contributed by atoms with van der Waals surface area (Å²) >= 11 is 6.01. The molecule has 7 nitrogen and oxygen atoms in total. The molecule has 26 heavy (non-hydrogen) atoms. The Bertz CT molecular complexity index is 846. The molecule has 2 aromatic rings. The van der Waals surface area contributed by atoms with Gasteiger partial charge in [0.05, 0.1) is 24.1 Å². The van der Waals surface area contributed by atoms with Gasteiger partial charge in [-0.2, -0.15) is 5.10 Å². The third-order valence-electron chi connectivity index (χ3n) is 4.47. The van der Waals surface area contributed by atoms with Crippen LogP contribution in [0.25, 0.3) is 10.9 Å².